The fourth-order valence-corrected chi connectivity index (χ4v) is 2.62. The van der Waals surface area contributed by atoms with E-state index in [0.717, 1.165) is 10.8 Å². The van der Waals surface area contributed by atoms with Gasteiger partial charge in [-0.3, -0.25) is 4.79 Å². The lowest BCUT2D eigenvalue weighted by molar-refractivity contribution is 0.0951. The van der Waals surface area contributed by atoms with Crippen LogP contribution in [0.5, 0.6) is 0 Å². The van der Waals surface area contributed by atoms with E-state index in [-0.39, 0.29) is 12.5 Å². The Morgan fingerprint density at radius 1 is 1.00 bits per heavy atom. The molecule has 0 unspecified atom stereocenters. The van der Waals surface area contributed by atoms with Crippen LogP contribution in [0, 0.1) is 0 Å². The maximum atomic E-state index is 12.5. The monoisotopic (exact) mass is 318 g/mol. The van der Waals surface area contributed by atoms with Gasteiger partial charge in [-0.2, -0.15) is 0 Å². The molecule has 1 N–H and O–H groups in total. The van der Waals surface area contributed by atoms with Crippen molar-refractivity contribution in [3.8, 4) is 11.5 Å². The summed E-state index contributed by atoms with van der Waals surface area (Å²) >= 11 is 0. The van der Waals surface area contributed by atoms with Crippen LogP contribution in [0.4, 0.5) is 0 Å². The molecule has 0 spiro atoms. The summed E-state index contributed by atoms with van der Waals surface area (Å²) in [4.78, 5) is 12.5. The van der Waals surface area contributed by atoms with E-state index in [1.54, 1.807) is 24.5 Å². The molecule has 0 radical (unpaired) electrons. The molecule has 5 heteroatoms. The lowest BCUT2D eigenvalue weighted by Gasteiger charge is -2.06. The van der Waals surface area contributed by atoms with Gasteiger partial charge >= 0.3 is 0 Å². The first kappa shape index (κ1) is 14.3. The van der Waals surface area contributed by atoms with Crippen molar-refractivity contribution in [2.24, 2.45) is 0 Å². The molecule has 0 aliphatic rings. The number of fused-ring (bicyclic) bond motifs is 1. The maximum Gasteiger partial charge on any atom is 0.252 e. The van der Waals surface area contributed by atoms with E-state index >= 15 is 0 Å². The van der Waals surface area contributed by atoms with E-state index in [9.17, 15) is 4.79 Å². The molecule has 0 fully saturated rings. The zero-order chi connectivity index (χ0) is 16.4. The molecule has 2 aromatic carbocycles. The fraction of sp³-hybridized carbons (Fsp3) is 0.0526. The minimum absolute atomic E-state index is 0.144. The number of benzene rings is 2. The molecule has 24 heavy (non-hydrogen) atoms. The topological polar surface area (TPSA) is 68.3 Å². The van der Waals surface area contributed by atoms with Crippen LogP contribution in [0.1, 0.15) is 16.1 Å². The van der Waals surface area contributed by atoms with Crippen molar-refractivity contribution < 1.29 is 13.7 Å². The van der Waals surface area contributed by atoms with Crippen LogP contribution in [-0.4, -0.2) is 11.1 Å². The number of furan rings is 1. The molecule has 0 bridgehead atoms. The lowest BCUT2D eigenvalue weighted by atomic mass is 10.0. The van der Waals surface area contributed by atoms with Crippen LogP contribution in [0.2, 0.25) is 0 Å². The number of carbonyl (C=O) groups excluding carboxylic acids is 1. The Labute approximate surface area is 137 Å². The predicted octanol–water partition coefficient (Wildman–Crippen LogP) is 4.02. The molecular weight excluding hydrogens is 304 g/mol. The number of carbonyl (C=O) groups is 1. The van der Waals surface area contributed by atoms with Gasteiger partial charge in [-0.1, -0.05) is 41.6 Å². The first-order valence-electron chi connectivity index (χ1n) is 7.57. The zero-order valence-electron chi connectivity index (χ0n) is 12.7. The summed E-state index contributed by atoms with van der Waals surface area (Å²) in [6.07, 6.45) is 1.57. The molecule has 0 aliphatic heterocycles. The van der Waals surface area contributed by atoms with Crippen LogP contribution >= 0.6 is 0 Å². The van der Waals surface area contributed by atoms with Crippen molar-refractivity contribution in [2.75, 3.05) is 0 Å². The molecule has 2 heterocycles. The highest BCUT2D eigenvalue weighted by atomic mass is 16.5. The van der Waals surface area contributed by atoms with Crippen molar-refractivity contribution in [3.05, 3.63) is 78.2 Å². The SMILES string of the molecule is O=C(NCc1cc(-c2ccco2)on1)c1cccc2ccccc12. The van der Waals surface area contributed by atoms with E-state index in [1.165, 1.54) is 0 Å². The molecule has 5 nitrogen and oxygen atoms in total. The Balaban J connectivity index is 1.50. The van der Waals surface area contributed by atoms with Gasteiger partial charge in [0.15, 0.2) is 5.76 Å². The summed E-state index contributed by atoms with van der Waals surface area (Å²) in [6, 6.07) is 18.8. The number of amides is 1. The molecule has 4 aromatic rings. The molecule has 1 amide bonds. The van der Waals surface area contributed by atoms with E-state index in [1.807, 2.05) is 42.5 Å². The van der Waals surface area contributed by atoms with Crippen molar-refractivity contribution in [1.82, 2.24) is 10.5 Å². The van der Waals surface area contributed by atoms with Gasteiger partial charge in [-0.05, 0) is 29.0 Å². The summed E-state index contributed by atoms with van der Waals surface area (Å²) < 4.78 is 10.5. The number of hydrogen-bond donors (Lipinski definition) is 1. The first-order valence-corrected chi connectivity index (χ1v) is 7.57. The van der Waals surface area contributed by atoms with E-state index in [4.69, 9.17) is 8.94 Å². The number of aromatic nitrogens is 1. The predicted molar refractivity (Wildman–Crippen MR) is 89.3 cm³/mol. The molecule has 0 aliphatic carbocycles. The summed E-state index contributed by atoms with van der Waals surface area (Å²) in [6.45, 7) is 0.284. The van der Waals surface area contributed by atoms with Crippen LogP contribution in [0.3, 0.4) is 0 Å². The van der Waals surface area contributed by atoms with Crippen LogP contribution in [-0.2, 0) is 6.54 Å². The minimum atomic E-state index is -0.144. The molecular formula is C19H14N2O3. The van der Waals surface area contributed by atoms with Gasteiger partial charge in [-0.25, -0.2) is 0 Å². The van der Waals surface area contributed by atoms with Gasteiger partial charge in [0, 0.05) is 11.6 Å². The van der Waals surface area contributed by atoms with Crippen molar-refractivity contribution in [3.63, 3.8) is 0 Å². The Bertz CT molecular complexity index is 981. The Morgan fingerprint density at radius 3 is 2.75 bits per heavy atom. The average molecular weight is 318 g/mol. The Morgan fingerprint density at radius 2 is 1.88 bits per heavy atom. The van der Waals surface area contributed by atoms with Crippen LogP contribution in [0.15, 0.2) is 75.9 Å². The molecule has 0 saturated carbocycles. The van der Waals surface area contributed by atoms with Crippen LogP contribution < -0.4 is 5.32 Å². The third kappa shape index (κ3) is 2.67. The smallest absolute Gasteiger partial charge is 0.252 e. The van der Waals surface area contributed by atoms with Crippen molar-refractivity contribution in [2.45, 2.75) is 6.54 Å². The van der Waals surface area contributed by atoms with Gasteiger partial charge in [0.25, 0.3) is 5.91 Å². The number of nitrogens with zero attached hydrogens (tertiary/aromatic N) is 1. The second-order valence-corrected chi connectivity index (χ2v) is 5.37. The second kappa shape index (κ2) is 6.04. The minimum Gasteiger partial charge on any atom is -0.461 e. The number of rotatable bonds is 4. The van der Waals surface area contributed by atoms with E-state index in [2.05, 4.69) is 10.5 Å². The van der Waals surface area contributed by atoms with E-state index < -0.39 is 0 Å². The standard InChI is InChI=1S/C19H14N2O3/c22-19(16-8-3-6-13-5-1-2-7-15(13)16)20-12-14-11-18(24-21-14)17-9-4-10-23-17/h1-11H,12H2,(H,20,22). The highest BCUT2D eigenvalue weighted by molar-refractivity contribution is 6.06. The Hall–Kier alpha value is -3.34. The highest BCUT2D eigenvalue weighted by Crippen LogP contribution is 2.21. The summed E-state index contributed by atoms with van der Waals surface area (Å²) in [5.41, 5.74) is 1.28. The van der Waals surface area contributed by atoms with Gasteiger partial charge in [0.1, 0.15) is 5.69 Å². The van der Waals surface area contributed by atoms with E-state index in [0.29, 0.717) is 22.8 Å². The third-order valence-corrected chi connectivity index (χ3v) is 3.79. The quantitative estimate of drug-likeness (QED) is 0.617. The molecule has 118 valence electrons. The van der Waals surface area contributed by atoms with Crippen LogP contribution in [0.25, 0.3) is 22.3 Å². The normalized spacial score (nSPS) is 10.8. The summed E-state index contributed by atoms with van der Waals surface area (Å²) in [5.74, 6) is 0.998. The summed E-state index contributed by atoms with van der Waals surface area (Å²) in [7, 11) is 0. The fourth-order valence-electron chi connectivity index (χ4n) is 2.62. The van der Waals surface area contributed by atoms with Gasteiger partial charge < -0.3 is 14.3 Å². The maximum absolute atomic E-state index is 12.5. The number of hydrogen-bond acceptors (Lipinski definition) is 4. The molecule has 0 saturated heterocycles. The van der Waals surface area contributed by atoms with Gasteiger partial charge in [0.2, 0.25) is 5.76 Å². The second-order valence-electron chi connectivity index (χ2n) is 5.37. The lowest BCUT2D eigenvalue weighted by Crippen LogP contribution is -2.23. The first-order chi connectivity index (χ1) is 11.8. The van der Waals surface area contributed by atoms with Gasteiger partial charge in [-0.15, -0.1) is 0 Å². The largest absolute Gasteiger partial charge is 0.461 e. The van der Waals surface area contributed by atoms with Gasteiger partial charge in [0.05, 0.1) is 12.8 Å². The van der Waals surface area contributed by atoms with Crippen molar-refractivity contribution >= 4 is 16.7 Å². The highest BCUT2D eigenvalue weighted by Gasteiger charge is 2.12. The number of nitrogens with one attached hydrogen (secondary N) is 1. The molecule has 4 rings (SSSR count). The molecule has 2 aromatic heterocycles. The third-order valence-electron chi connectivity index (χ3n) is 3.79. The molecule has 0 atom stereocenters. The zero-order valence-corrected chi connectivity index (χ0v) is 12.7. The average Bonchev–Trinajstić information content (AvgIpc) is 3.30. The van der Waals surface area contributed by atoms with Crippen molar-refractivity contribution in [1.29, 1.82) is 0 Å². The summed E-state index contributed by atoms with van der Waals surface area (Å²) in [5, 5.41) is 8.78. The Kier molecular flexibility index (Phi) is 3.59.